The number of carbonyl (C=O) groups excluding carboxylic acids is 1. The number of hydrogen-bond acceptors (Lipinski definition) is 5. The second-order valence-electron chi connectivity index (χ2n) is 5.71. The Labute approximate surface area is 128 Å². The van der Waals surface area contributed by atoms with E-state index in [0.717, 1.165) is 0 Å². The van der Waals surface area contributed by atoms with E-state index in [1.165, 1.54) is 18.2 Å². The van der Waals surface area contributed by atoms with E-state index in [4.69, 9.17) is 15.6 Å². The molecule has 0 aromatic heterocycles. The molecule has 22 heavy (non-hydrogen) atoms. The number of benzene rings is 1. The predicted molar refractivity (Wildman–Crippen MR) is 78.9 cm³/mol. The zero-order chi connectivity index (χ0) is 16.4. The number of aromatic carboxylic acids is 1. The molecular weight excluding hydrogens is 288 g/mol. The summed E-state index contributed by atoms with van der Waals surface area (Å²) >= 11 is 0. The summed E-state index contributed by atoms with van der Waals surface area (Å²) in [6.07, 6.45) is -0.303. The number of hydrogen-bond donors (Lipinski definition) is 3. The SMILES string of the molecule is CC(C)[C@@H](N)C(=O)N1CC(Oc2cccc(O)c2C(=O)O)C1. The van der Waals surface area contributed by atoms with Crippen molar-refractivity contribution in [3.05, 3.63) is 23.8 Å². The van der Waals surface area contributed by atoms with Crippen molar-refractivity contribution in [1.82, 2.24) is 4.90 Å². The Morgan fingerprint density at radius 2 is 2.00 bits per heavy atom. The van der Waals surface area contributed by atoms with Crippen LogP contribution in [0, 0.1) is 5.92 Å². The number of nitrogens with zero attached hydrogens (tertiary/aromatic N) is 1. The van der Waals surface area contributed by atoms with Gasteiger partial charge in [0.15, 0.2) is 0 Å². The van der Waals surface area contributed by atoms with Gasteiger partial charge in [0.05, 0.1) is 19.1 Å². The van der Waals surface area contributed by atoms with E-state index in [9.17, 15) is 14.7 Å². The van der Waals surface area contributed by atoms with Gasteiger partial charge in [0.2, 0.25) is 5.91 Å². The normalized spacial score (nSPS) is 16.3. The van der Waals surface area contributed by atoms with Crippen molar-refractivity contribution in [1.29, 1.82) is 0 Å². The molecule has 7 heteroatoms. The Kier molecular flexibility index (Phi) is 4.56. The first-order chi connectivity index (χ1) is 10.3. The lowest BCUT2D eigenvalue weighted by atomic mass is 10.0. The summed E-state index contributed by atoms with van der Waals surface area (Å²) in [6.45, 7) is 4.46. The quantitative estimate of drug-likeness (QED) is 0.736. The maximum Gasteiger partial charge on any atom is 0.343 e. The van der Waals surface area contributed by atoms with Gasteiger partial charge in [-0.15, -0.1) is 0 Å². The number of amides is 1. The number of carboxylic acid groups (broad SMARTS) is 1. The third-order valence-electron chi connectivity index (χ3n) is 3.67. The molecule has 1 aromatic rings. The second-order valence-corrected chi connectivity index (χ2v) is 5.71. The highest BCUT2D eigenvalue weighted by Gasteiger charge is 2.36. The van der Waals surface area contributed by atoms with Crippen molar-refractivity contribution in [2.45, 2.75) is 26.0 Å². The number of ether oxygens (including phenoxy) is 1. The van der Waals surface area contributed by atoms with E-state index >= 15 is 0 Å². The minimum atomic E-state index is -1.26. The fourth-order valence-electron chi connectivity index (χ4n) is 2.20. The average molecular weight is 308 g/mol. The molecule has 0 radical (unpaired) electrons. The number of phenols is 1. The van der Waals surface area contributed by atoms with Crippen molar-refractivity contribution < 1.29 is 24.5 Å². The lowest BCUT2D eigenvalue weighted by molar-refractivity contribution is -0.142. The van der Waals surface area contributed by atoms with Crippen LogP contribution in [-0.2, 0) is 4.79 Å². The summed E-state index contributed by atoms with van der Waals surface area (Å²) in [7, 11) is 0. The van der Waals surface area contributed by atoms with E-state index in [1.54, 1.807) is 4.90 Å². The van der Waals surface area contributed by atoms with E-state index in [1.807, 2.05) is 13.8 Å². The van der Waals surface area contributed by atoms with Crippen LogP contribution in [0.2, 0.25) is 0 Å². The molecule has 1 aliphatic heterocycles. The van der Waals surface area contributed by atoms with Crippen LogP contribution >= 0.6 is 0 Å². The number of rotatable bonds is 5. The Bertz CT molecular complexity index is 581. The lowest BCUT2D eigenvalue weighted by Crippen LogP contribution is -2.60. The highest BCUT2D eigenvalue weighted by Crippen LogP contribution is 2.29. The Morgan fingerprint density at radius 3 is 2.55 bits per heavy atom. The first-order valence-electron chi connectivity index (χ1n) is 7.07. The standard InChI is InChI=1S/C15H20N2O5/c1-8(2)13(16)14(19)17-6-9(7-17)22-11-5-3-4-10(18)12(11)15(20)21/h3-5,8-9,13,18H,6-7,16H2,1-2H3,(H,20,21)/t13-/m1/s1. The predicted octanol–water partition coefficient (Wildman–Crippen LogP) is 0.663. The van der Waals surface area contributed by atoms with E-state index in [0.29, 0.717) is 13.1 Å². The van der Waals surface area contributed by atoms with Gasteiger partial charge in [0.25, 0.3) is 0 Å². The van der Waals surface area contributed by atoms with E-state index in [-0.39, 0.29) is 35.0 Å². The first kappa shape index (κ1) is 16.1. The van der Waals surface area contributed by atoms with Crippen LogP contribution in [0.25, 0.3) is 0 Å². The molecule has 1 amide bonds. The molecule has 120 valence electrons. The molecule has 0 unspecified atom stereocenters. The molecular formula is C15H20N2O5. The third-order valence-corrected chi connectivity index (χ3v) is 3.67. The monoisotopic (exact) mass is 308 g/mol. The summed E-state index contributed by atoms with van der Waals surface area (Å²) in [5.41, 5.74) is 5.54. The topological polar surface area (TPSA) is 113 Å². The fourth-order valence-corrected chi connectivity index (χ4v) is 2.20. The molecule has 1 heterocycles. The lowest BCUT2D eigenvalue weighted by Gasteiger charge is -2.40. The van der Waals surface area contributed by atoms with Gasteiger partial charge in [0.1, 0.15) is 23.2 Å². The molecule has 1 aromatic carbocycles. The number of carbonyl (C=O) groups is 2. The third kappa shape index (κ3) is 3.14. The number of aromatic hydroxyl groups is 1. The number of nitrogens with two attached hydrogens (primary N) is 1. The van der Waals surface area contributed by atoms with Crippen LogP contribution in [0.15, 0.2) is 18.2 Å². The Hall–Kier alpha value is -2.28. The van der Waals surface area contributed by atoms with Gasteiger partial charge in [-0.25, -0.2) is 4.79 Å². The van der Waals surface area contributed by atoms with Crippen LogP contribution < -0.4 is 10.5 Å². The van der Waals surface area contributed by atoms with Gasteiger partial charge in [-0.1, -0.05) is 19.9 Å². The molecule has 1 fully saturated rings. The van der Waals surface area contributed by atoms with Crippen LogP contribution in [0.3, 0.4) is 0 Å². The number of carboxylic acids is 1. The molecule has 1 saturated heterocycles. The van der Waals surface area contributed by atoms with Crippen molar-refractivity contribution in [3.8, 4) is 11.5 Å². The molecule has 4 N–H and O–H groups in total. The van der Waals surface area contributed by atoms with Crippen LogP contribution in [-0.4, -0.2) is 52.2 Å². The molecule has 0 saturated carbocycles. The van der Waals surface area contributed by atoms with E-state index in [2.05, 4.69) is 0 Å². The summed E-state index contributed by atoms with van der Waals surface area (Å²) in [5.74, 6) is -1.60. The van der Waals surface area contributed by atoms with Crippen molar-refractivity contribution in [3.63, 3.8) is 0 Å². The highest BCUT2D eigenvalue weighted by atomic mass is 16.5. The zero-order valence-corrected chi connectivity index (χ0v) is 12.5. The van der Waals surface area contributed by atoms with Gasteiger partial charge in [-0.05, 0) is 18.1 Å². The first-order valence-corrected chi connectivity index (χ1v) is 7.07. The average Bonchev–Trinajstić information content (AvgIpc) is 2.40. The van der Waals surface area contributed by atoms with Gasteiger partial charge in [-0.2, -0.15) is 0 Å². The van der Waals surface area contributed by atoms with Crippen LogP contribution in [0.4, 0.5) is 0 Å². The van der Waals surface area contributed by atoms with Gasteiger partial charge in [-0.3, -0.25) is 4.79 Å². The van der Waals surface area contributed by atoms with Crippen LogP contribution in [0.5, 0.6) is 11.5 Å². The van der Waals surface area contributed by atoms with Crippen molar-refractivity contribution in [2.75, 3.05) is 13.1 Å². The van der Waals surface area contributed by atoms with Gasteiger partial charge in [0, 0.05) is 0 Å². The highest BCUT2D eigenvalue weighted by molar-refractivity contribution is 5.94. The summed E-state index contributed by atoms with van der Waals surface area (Å²) in [4.78, 5) is 24.7. The van der Waals surface area contributed by atoms with E-state index < -0.39 is 12.0 Å². The van der Waals surface area contributed by atoms with Crippen LogP contribution in [0.1, 0.15) is 24.2 Å². The maximum absolute atomic E-state index is 12.0. The molecule has 1 atom stereocenters. The maximum atomic E-state index is 12.0. The smallest absolute Gasteiger partial charge is 0.343 e. The Balaban J connectivity index is 1.98. The summed E-state index contributed by atoms with van der Waals surface area (Å²) in [6, 6.07) is 3.73. The van der Waals surface area contributed by atoms with Gasteiger partial charge >= 0.3 is 5.97 Å². The van der Waals surface area contributed by atoms with Crippen molar-refractivity contribution in [2.24, 2.45) is 11.7 Å². The second kappa shape index (κ2) is 6.23. The minimum Gasteiger partial charge on any atom is -0.507 e. The molecule has 1 aliphatic rings. The van der Waals surface area contributed by atoms with Gasteiger partial charge < -0.3 is 25.6 Å². The Morgan fingerprint density at radius 1 is 1.36 bits per heavy atom. The molecule has 0 aliphatic carbocycles. The largest absolute Gasteiger partial charge is 0.507 e. The minimum absolute atomic E-state index is 0.0529. The fraction of sp³-hybridized carbons (Fsp3) is 0.467. The molecule has 0 spiro atoms. The molecule has 2 rings (SSSR count). The summed E-state index contributed by atoms with van der Waals surface area (Å²) < 4.78 is 5.57. The number of likely N-dealkylation sites (tertiary alicyclic amines) is 1. The molecule has 7 nitrogen and oxygen atoms in total. The summed E-state index contributed by atoms with van der Waals surface area (Å²) in [5, 5.41) is 18.7. The zero-order valence-electron chi connectivity index (χ0n) is 12.5. The van der Waals surface area contributed by atoms with Crippen molar-refractivity contribution >= 4 is 11.9 Å². The molecule has 0 bridgehead atoms.